The average Bonchev–Trinajstić information content (AvgIpc) is 3.72. The van der Waals surface area contributed by atoms with Gasteiger partial charge in [-0.25, -0.2) is 9.97 Å². The fraction of sp³-hybridized carbons (Fsp3) is 0.400. The number of carbonyl (C=O) groups excluding carboxylic acids is 1. The predicted molar refractivity (Wildman–Crippen MR) is 185 cm³/mol. The molecule has 4 N–H and O–H groups in total. The molecule has 2 aromatic heterocycles. The topological polar surface area (TPSA) is 143 Å². The normalized spacial score (nSPS) is 19.0. The molecule has 2 aromatic carbocycles. The second-order valence-electron chi connectivity index (χ2n) is 12.1. The number of aromatic nitrogens is 4. The van der Waals surface area contributed by atoms with Crippen molar-refractivity contribution in [3.8, 4) is 45.4 Å². The molecule has 1 saturated heterocycles. The molecule has 1 aliphatic heterocycles. The van der Waals surface area contributed by atoms with E-state index in [1.807, 2.05) is 36.4 Å². The Labute approximate surface area is 289 Å². The number of ether oxygens (including phenoxy) is 2. The van der Waals surface area contributed by atoms with Crippen LogP contribution in [0.15, 0.2) is 48.8 Å². The number of nitrogens with one attached hydrogen (secondary N) is 3. The minimum Gasteiger partial charge on any atom is -0.480 e. The van der Waals surface area contributed by atoms with Crippen LogP contribution in [0.25, 0.3) is 33.6 Å². The molecule has 6 rings (SSSR count). The molecule has 0 spiro atoms. The molecule has 3 heterocycles. The number of hydrogen-bond donors (Lipinski definition) is 4. The van der Waals surface area contributed by atoms with Gasteiger partial charge in [0.05, 0.1) is 54.2 Å². The number of rotatable bonds is 13. The van der Waals surface area contributed by atoms with Crippen molar-refractivity contribution in [2.75, 3.05) is 27.3 Å². The summed E-state index contributed by atoms with van der Waals surface area (Å²) >= 11 is 14.1. The molecule has 252 valence electrons. The number of hydrogen-bond acceptors (Lipinski definition) is 10. The van der Waals surface area contributed by atoms with E-state index in [0.717, 1.165) is 36.8 Å². The van der Waals surface area contributed by atoms with Crippen LogP contribution in [-0.4, -0.2) is 70.4 Å². The second kappa shape index (κ2) is 15.6. The SMILES string of the molecule is COc1nc(-c2cccc(-c3cccc(-c4cnc(CNC[C@H]5CCC[C@@H]5O)c(OC)n4)c3Cl)c2Cl)cnc1CNC[C@@H]1CCC(=O)N1. The number of nitrogens with zero attached hydrogens (tertiary/aromatic N) is 4. The number of benzene rings is 2. The van der Waals surface area contributed by atoms with Crippen LogP contribution in [0.1, 0.15) is 43.5 Å². The maximum Gasteiger partial charge on any atom is 0.237 e. The summed E-state index contributed by atoms with van der Waals surface area (Å²) in [7, 11) is 3.12. The van der Waals surface area contributed by atoms with Crippen molar-refractivity contribution >= 4 is 29.1 Å². The standard InChI is InChI=1S/C35H39Cl2N7O4/c1-47-34-28(16-38-14-20-6-3-11-30(20)45)40-18-26(43-34)24-9-4-7-22(32(24)36)23-8-5-10-25(33(23)37)27-19-41-29(35(44-27)48-2)17-39-15-21-12-13-31(46)42-21/h4-5,7-10,18-21,30,38-39,45H,3,6,11-17H2,1-2H3,(H,42,46)/t20-,21+,30+/m1/s1. The van der Waals surface area contributed by atoms with Gasteiger partial charge in [-0.15, -0.1) is 0 Å². The number of aliphatic hydroxyl groups excluding tert-OH is 1. The summed E-state index contributed by atoms with van der Waals surface area (Å²) in [5.41, 5.74) is 5.26. The zero-order valence-electron chi connectivity index (χ0n) is 26.9. The number of methoxy groups -OCH3 is 2. The first kappa shape index (κ1) is 34.0. The highest BCUT2D eigenvalue weighted by Crippen LogP contribution is 2.42. The predicted octanol–water partition coefficient (Wildman–Crippen LogP) is 5.21. The molecule has 4 aromatic rings. The van der Waals surface area contributed by atoms with Crippen LogP contribution in [0.2, 0.25) is 10.0 Å². The zero-order chi connectivity index (χ0) is 33.6. The van der Waals surface area contributed by atoms with E-state index in [1.165, 1.54) is 0 Å². The van der Waals surface area contributed by atoms with Gasteiger partial charge in [-0.3, -0.25) is 14.8 Å². The molecule has 2 aliphatic rings. The van der Waals surface area contributed by atoms with Crippen LogP contribution < -0.4 is 25.4 Å². The Balaban J connectivity index is 1.20. The summed E-state index contributed by atoms with van der Waals surface area (Å²) in [6.07, 6.45) is 7.42. The van der Waals surface area contributed by atoms with Gasteiger partial charge in [0.25, 0.3) is 0 Å². The Bertz CT molecular complexity index is 1780. The first-order valence-corrected chi connectivity index (χ1v) is 16.9. The summed E-state index contributed by atoms with van der Waals surface area (Å²) in [6.45, 7) is 2.26. The molecular weight excluding hydrogens is 653 g/mol. The molecular formula is C35H39Cl2N7O4. The molecule has 0 radical (unpaired) electrons. The number of halogens is 2. The number of carbonyl (C=O) groups is 1. The van der Waals surface area contributed by atoms with Crippen LogP contribution in [0, 0.1) is 5.92 Å². The Morgan fingerprint density at radius 3 is 1.83 bits per heavy atom. The van der Waals surface area contributed by atoms with E-state index < -0.39 is 0 Å². The summed E-state index contributed by atoms with van der Waals surface area (Å²) in [5, 5.41) is 20.7. The van der Waals surface area contributed by atoms with Gasteiger partial charge in [0, 0.05) is 60.9 Å². The lowest BCUT2D eigenvalue weighted by molar-refractivity contribution is -0.119. The molecule has 48 heavy (non-hydrogen) atoms. The average molecular weight is 693 g/mol. The largest absolute Gasteiger partial charge is 0.480 e. The molecule has 13 heteroatoms. The van der Waals surface area contributed by atoms with Crippen LogP contribution in [-0.2, 0) is 17.9 Å². The lowest BCUT2D eigenvalue weighted by Gasteiger charge is -2.16. The highest BCUT2D eigenvalue weighted by atomic mass is 35.5. The van der Waals surface area contributed by atoms with E-state index in [9.17, 15) is 9.90 Å². The fourth-order valence-electron chi connectivity index (χ4n) is 6.33. The molecule has 11 nitrogen and oxygen atoms in total. The summed E-state index contributed by atoms with van der Waals surface area (Å²) in [5.74, 6) is 1.13. The first-order chi connectivity index (χ1) is 23.4. The first-order valence-electron chi connectivity index (χ1n) is 16.1. The number of amides is 1. The van der Waals surface area contributed by atoms with Crippen molar-refractivity contribution in [1.29, 1.82) is 0 Å². The van der Waals surface area contributed by atoms with Gasteiger partial charge >= 0.3 is 0 Å². The lowest BCUT2D eigenvalue weighted by atomic mass is 9.98. The minimum atomic E-state index is -0.250. The second-order valence-corrected chi connectivity index (χ2v) is 12.8. The summed E-state index contributed by atoms with van der Waals surface area (Å²) in [6, 6.07) is 11.5. The smallest absolute Gasteiger partial charge is 0.237 e. The van der Waals surface area contributed by atoms with Gasteiger partial charge in [0.1, 0.15) is 11.4 Å². The Morgan fingerprint density at radius 2 is 1.35 bits per heavy atom. The van der Waals surface area contributed by atoms with E-state index in [1.54, 1.807) is 26.6 Å². The van der Waals surface area contributed by atoms with Gasteiger partial charge in [0.15, 0.2) is 0 Å². The fourth-order valence-corrected chi connectivity index (χ4v) is 6.97. The summed E-state index contributed by atoms with van der Waals surface area (Å²) < 4.78 is 11.2. The van der Waals surface area contributed by atoms with E-state index in [-0.39, 0.29) is 24.0 Å². The minimum absolute atomic E-state index is 0.0829. The Kier molecular flexibility index (Phi) is 11.0. The highest BCUT2D eigenvalue weighted by molar-refractivity contribution is 6.39. The molecule has 1 saturated carbocycles. The quantitative estimate of drug-likeness (QED) is 0.148. The maximum atomic E-state index is 11.5. The van der Waals surface area contributed by atoms with E-state index in [2.05, 4.69) is 25.9 Å². The molecule has 2 fully saturated rings. The van der Waals surface area contributed by atoms with Gasteiger partial charge in [-0.1, -0.05) is 66.0 Å². The Hall–Kier alpha value is -3.87. The van der Waals surface area contributed by atoms with Crippen molar-refractivity contribution in [1.82, 2.24) is 35.9 Å². The third-order valence-corrected chi connectivity index (χ3v) is 9.75. The van der Waals surface area contributed by atoms with Crippen LogP contribution in [0.3, 0.4) is 0 Å². The van der Waals surface area contributed by atoms with Crippen LogP contribution >= 0.6 is 23.2 Å². The zero-order valence-corrected chi connectivity index (χ0v) is 28.4. The van der Waals surface area contributed by atoms with E-state index >= 15 is 0 Å². The third-order valence-electron chi connectivity index (χ3n) is 8.94. The van der Waals surface area contributed by atoms with Gasteiger partial charge in [-0.2, -0.15) is 0 Å². The van der Waals surface area contributed by atoms with Crippen LogP contribution in [0.4, 0.5) is 0 Å². The molecule has 0 bridgehead atoms. The third kappa shape index (κ3) is 7.55. The Morgan fingerprint density at radius 1 is 0.812 bits per heavy atom. The highest BCUT2D eigenvalue weighted by Gasteiger charge is 2.25. The molecule has 3 atom stereocenters. The van der Waals surface area contributed by atoms with Gasteiger partial charge in [-0.05, 0) is 25.2 Å². The van der Waals surface area contributed by atoms with E-state index in [4.69, 9.17) is 42.6 Å². The molecule has 1 aliphatic carbocycles. The van der Waals surface area contributed by atoms with Crippen molar-refractivity contribution in [2.24, 2.45) is 5.92 Å². The van der Waals surface area contributed by atoms with Crippen molar-refractivity contribution < 1.29 is 19.4 Å². The van der Waals surface area contributed by atoms with Gasteiger partial charge in [0.2, 0.25) is 17.7 Å². The lowest BCUT2D eigenvalue weighted by Crippen LogP contribution is -2.35. The van der Waals surface area contributed by atoms with Crippen molar-refractivity contribution in [3.05, 3.63) is 70.2 Å². The maximum absolute atomic E-state index is 11.5. The van der Waals surface area contributed by atoms with E-state index in [0.29, 0.717) is 88.3 Å². The molecule has 0 unspecified atom stereocenters. The van der Waals surface area contributed by atoms with Crippen molar-refractivity contribution in [3.63, 3.8) is 0 Å². The van der Waals surface area contributed by atoms with Crippen molar-refractivity contribution in [2.45, 2.75) is 57.3 Å². The van der Waals surface area contributed by atoms with Gasteiger partial charge < -0.3 is 30.5 Å². The van der Waals surface area contributed by atoms with Crippen LogP contribution in [0.5, 0.6) is 11.8 Å². The number of aliphatic hydroxyl groups is 1. The summed E-state index contributed by atoms with van der Waals surface area (Å²) in [4.78, 5) is 30.2. The molecule has 1 amide bonds. The monoisotopic (exact) mass is 691 g/mol.